The third-order valence-electron chi connectivity index (χ3n) is 2.45. The van der Waals surface area contributed by atoms with E-state index in [9.17, 15) is 0 Å². The van der Waals surface area contributed by atoms with Crippen LogP contribution in [0.4, 0.5) is 0 Å². The van der Waals surface area contributed by atoms with Crippen LogP contribution in [0.3, 0.4) is 0 Å². The zero-order valence-corrected chi connectivity index (χ0v) is 8.36. The second-order valence-electron chi connectivity index (χ2n) is 3.62. The summed E-state index contributed by atoms with van der Waals surface area (Å²) in [7, 11) is 0. The number of nitrogens with zero attached hydrogens (tertiary/aromatic N) is 2. The number of aryl methyl sites for hydroxylation is 1. The summed E-state index contributed by atoms with van der Waals surface area (Å²) in [5.74, 6) is 1.29. The van der Waals surface area contributed by atoms with Crippen LogP contribution in [0.2, 0.25) is 0 Å². The molecule has 1 aromatic heterocycles. The van der Waals surface area contributed by atoms with Gasteiger partial charge in [-0.3, -0.25) is 4.98 Å². The summed E-state index contributed by atoms with van der Waals surface area (Å²) in [6, 6.07) is 0. The molecule has 0 aliphatic carbocycles. The van der Waals surface area contributed by atoms with Crippen LogP contribution in [0.15, 0.2) is 12.4 Å². The Morgan fingerprint density at radius 2 is 2.36 bits per heavy atom. The van der Waals surface area contributed by atoms with Crippen molar-refractivity contribution >= 4 is 0 Å². The van der Waals surface area contributed by atoms with E-state index in [0.29, 0.717) is 11.8 Å². The minimum absolute atomic E-state index is 0.622. The molecule has 2 rings (SSSR count). The number of hydrogen-bond acceptors (Lipinski definition) is 4. The number of nitrogens with one attached hydrogen (secondary N) is 1. The predicted octanol–water partition coefficient (Wildman–Crippen LogP) is 0.773. The van der Waals surface area contributed by atoms with Crippen LogP contribution in [0.25, 0.3) is 0 Å². The SMILES string of the molecule is Cc1nccnc1OCC1CCNC1. The van der Waals surface area contributed by atoms with Crippen molar-refractivity contribution in [3.05, 3.63) is 18.1 Å². The van der Waals surface area contributed by atoms with Gasteiger partial charge in [0.2, 0.25) is 5.88 Å². The van der Waals surface area contributed by atoms with E-state index in [1.807, 2.05) is 6.92 Å². The van der Waals surface area contributed by atoms with Gasteiger partial charge in [0.1, 0.15) is 0 Å². The summed E-state index contributed by atoms with van der Waals surface area (Å²) in [5.41, 5.74) is 0.860. The van der Waals surface area contributed by atoms with Gasteiger partial charge in [0.15, 0.2) is 0 Å². The lowest BCUT2D eigenvalue weighted by atomic mass is 10.1. The maximum absolute atomic E-state index is 5.61. The van der Waals surface area contributed by atoms with Gasteiger partial charge in [-0.2, -0.15) is 0 Å². The monoisotopic (exact) mass is 193 g/mol. The van der Waals surface area contributed by atoms with Gasteiger partial charge < -0.3 is 10.1 Å². The van der Waals surface area contributed by atoms with Crippen molar-refractivity contribution in [3.8, 4) is 5.88 Å². The molecule has 2 heterocycles. The summed E-state index contributed by atoms with van der Waals surface area (Å²) >= 11 is 0. The zero-order chi connectivity index (χ0) is 9.80. The van der Waals surface area contributed by atoms with Crippen LogP contribution in [0.1, 0.15) is 12.1 Å². The first kappa shape index (κ1) is 9.40. The first-order chi connectivity index (χ1) is 6.86. The summed E-state index contributed by atoms with van der Waals surface area (Å²) in [5, 5.41) is 3.31. The highest BCUT2D eigenvalue weighted by molar-refractivity contribution is 5.14. The van der Waals surface area contributed by atoms with Crippen molar-refractivity contribution in [1.82, 2.24) is 15.3 Å². The van der Waals surface area contributed by atoms with Crippen LogP contribution in [0.5, 0.6) is 5.88 Å². The Kier molecular flexibility index (Phi) is 2.93. The highest BCUT2D eigenvalue weighted by Crippen LogP contribution is 2.13. The first-order valence-electron chi connectivity index (χ1n) is 4.97. The van der Waals surface area contributed by atoms with Gasteiger partial charge in [0.25, 0.3) is 0 Å². The second-order valence-corrected chi connectivity index (χ2v) is 3.62. The molecule has 76 valence electrons. The topological polar surface area (TPSA) is 47.0 Å². The molecule has 1 saturated heterocycles. The Morgan fingerprint density at radius 3 is 3.07 bits per heavy atom. The van der Waals surface area contributed by atoms with E-state index in [2.05, 4.69) is 15.3 Å². The number of ether oxygens (including phenoxy) is 1. The molecular weight excluding hydrogens is 178 g/mol. The van der Waals surface area contributed by atoms with Gasteiger partial charge in [-0.15, -0.1) is 0 Å². The summed E-state index contributed by atoms with van der Waals surface area (Å²) in [6.45, 7) is 4.81. The molecule has 0 spiro atoms. The fraction of sp³-hybridized carbons (Fsp3) is 0.600. The van der Waals surface area contributed by atoms with E-state index < -0.39 is 0 Å². The fourth-order valence-corrected chi connectivity index (χ4v) is 1.59. The largest absolute Gasteiger partial charge is 0.476 e. The highest BCUT2D eigenvalue weighted by atomic mass is 16.5. The van der Waals surface area contributed by atoms with Gasteiger partial charge in [-0.1, -0.05) is 0 Å². The number of rotatable bonds is 3. The molecule has 0 radical (unpaired) electrons. The van der Waals surface area contributed by atoms with Gasteiger partial charge in [0, 0.05) is 24.9 Å². The molecule has 14 heavy (non-hydrogen) atoms. The molecule has 4 nitrogen and oxygen atoms in total. The Labute approximate surface area is 83.7 Å². The van der Waals surface area contributed by atoms with E-state index in [4.69, 9.17) is 4.74 Å². The molecule has 0 bridgehead atoms. The summed E-state index contributed by atoms with van der Waals surface area (Å²) in [6.07, 6.45) is 4.54. The molecular formula is C10H15N3O. The zero-order valence-electron chi connectivity index (χ0n) is 8.36. The lowest BCUT2D eigenvalue weighted by Gasteiger charge is -2.10. The van der Waals surface area contributed by atoms with Gasteiger partial charge in [-0.05, 0) is 19.9 Å². The first-order valence-corrected chi connectivity index (χ1v) is 4.97. The minimum atomic E-state index is 0.622. The molecule has 0 amide bonds. The number of hydrogen-bond donors (Lipinski definition) is 1. The third kappa shape index (κ3) is 2.20. The van der Waals surface area contributed by atoms with E-state index in [-0.39, 0.29) is 0 Å². The van der Waals surface area contributed by atoms with Crippen LogP contribution in [-0.2, 0) is 0 Å². The van der Waals surface area contributed by atoms with E-state index in [0.717, 1.165) is 25.4 Å². The van der Waals surface area contributed by atoms with Gasteiger partial charge in [0.05, 0.1) is 12.3 Å². The maximum Gasteiger partial charge on any atom is 0.235 e. The molecule has 1 fully saturated rings. The highest BCUT2D eigenvalue weighted by Gasteiger charge is 2.15. The third-order valence-corrected chi connectivity index (χ3v) is 2.45. The van der Waals surface area contributed by atoms with Crippen molar-refractivity contribution < 1.29 is 4.74 Å². The molecule has 1 unspecified atom stereocenters. The Hall–Kier alpha value is -1.16. The summed E-state index contributed by atoms with van der Waals surface area (Å²) < 4.78 is 5.61. The maximum atomic E-state index is 5.61. The molecule has 4 heteroatoms. The lowest BCUT2D eigenvalue weighted by Crippen LogP contribution is -2.16. The minimum Gasteiger partial charge on any atom is -0.476 e. The smallest absolute Gasteiger partial charge is 0.235 e. The molecule has 1 N–H and O–H groups in total. The van der Waals surface area contributed by atoms with Crippen molar-refractivity contribution in [1.29, 1.82) is 0 Å². The Bertz CT molecular complexity index is 297. The van der Waals surface area contributed by atoms with E-state index in [1.165, 1.54) is 6.42 Å². The normalized spacial score (nSPS) is 21.1. The lowest BCUT2D eigenvalue weighted by molar-refractivity contribution is 0.248. The average Bonchev–Trinajstić information content (AvgIpc) is 2.69. The van der Waals surface area contributed by atoms with Crippen molar-refractivity contribution in [2.75, 3.05) is 19.7 Å². The molecule has 0 saturated carbocycles. The van der Waals surface area contributed by atoms with Crippen molar-refractivity contribution in [2.45, 2.75) is 13.3 Å². The van der Waals surface area contributed by atoms with Crippen LogP contribution >= 0.6 is 0 Å². The van der Waals surface area contributed by atoms with Crippen molar-refractivity contribution in [2.24, 2.45) is 5.92 Å². The van der Waals surface area contributed by atoms with E-state index in [1.54, 1.807) is 12.4 Å². The van der Waals surface area contributed by atoms with Gasteiger partial charge >= 0.3 is 0 Å². The van der Waals surface area contributed by atoms with Gasteiger partial charge in [-0.25, -0.2) is 4.98 Å². The quantitative estimate of drug-likeness (QED) is 0.770. The predicted molar refractivity (Wildman–Crippen MR) is 53.2 cm³/mol. The second kappa shape index (κ2) is 4.37. The van der Waals surface area contributed by atoms with Crippen LogP contribution in [-0.4, -0.2) is 29.7 Å². The van der Waals surface area contributed by atoms with Crippen LogP contribution in [0, 0.1) is 12.8 Å². The molecule has 1 aliphatic rings. The molecule has 1 atom stereocenters. The molecule has 0 aromatic carbocycles. The van der Waals surface area contributed by atoms with Crippen LogP contribution < -0.4 is 10.1 Å². The molecule has 1 aliphatic heterocycles. The molecule has 1 aromatic rings. The number of aromatic nitrogens is 2. The standard InChI is InChI=1S/C10H15N3O/c1-8-10(13-5-4-12-8)14-7-9-2-3-11-6-9/h4-5,9,11H,2-3,6-7H2,1H3. The summed E-state index contributed by atoms with van der Waals surface area (Å²) in [4.78, 5) is 8.26. The average molecular weight is 193 g/mol. The van der Waals surface area contributed by atoms with E-state index >= 15 is 0 Å². The van der Waals surface area contributed by atoms with Crippen molar-refractivity contribution in [3.63, 3.8) is 0 Å². The fourth-order valence-electron chi connectivity index (χ4n) is 1.59. The Morgan fingerprint density at radius 1 is 1.50 bits per heavy atom. The Balaban J connectivity index is 1.88.